The molecule has 1 amide bonds. The lowest BCUT2D eigenvalue weighted by atomic mass is 10.2. The largest absolute Gasteiger partial charge is 0.460 e. The topological polar surface area (TPSA) is 113 Å². The number of rotatable bonds is 5. The van der Waals surface area contributed by atoms with Crippen molar-refractivity contribution in [1.29, 1.82) is 0 Å². The van der Waals surface area contributed by atoms with Crippen LogP contribution in [0.5, 0.6) is 0 Å². The first-order valence-electron chi connectivity index (χ1n) is 5.66. The molecule has 0 aliphatic rings. The molecule has 1 unspecified atom stereocenters. The van der Waals surface area contributed by atoms with Gasteiger partial charge in [-0.3, -0.25) is 9.48 Å². The minimum Gasteiger partial charge on any atom is -0.460 e. The van der Waals surface area contributed by atoms with E-state index in [1.807, 2.05) is 6.92 Å². The number of carbonyl (C=O) groups excluding carboxylic acids is 2. The maximum absolute atomic E-state index is 11.8. The first kappa shape index (κ1) is 14.0. The molecule has 0 aliphatic carbocycles. The fourth-order valence-corrected chi connectivity index (χ4v) is 1.45. The predicted molar refractivity (Wildman–Crippen MR) is 65.6 cm³/mol. The Morgan fingerprint density at radius 1 is 1.50 bits per heavy atom. The molecule has 18 heavy (non-hydrogen) atoms. The first-order chi connectivity index (χ1) is 8.38. The van der Waals surface area contributed by atoms with Gasteiger partial charge in [-0.2, -0.15) is 5.10 Å². The highest BCUT2D eigenvalue weighted by Crippen LogP contribution is 2.18. The van der Waals surface area contributed by atoms with Crippen molar-refractivity contribution in [2.45, 2.75) is 20.3 Å². The van der Waals surface area contributed by atoms with E-state index in [4.69, 9.17) is 16.2 Å². The van der Waals surface area contributed by atoms with E-state index < -0.39 is 17.8 Å². The summed E-state index contributed by atoms with van der Waals surface area (Å²) in [5, 5.41) is 4.11. The number of carbonyl (C=O) groups is 2. The average molecular weight is 254 g/mol. The molecule has 0 radical (unpaired) electrons. The second-order valence-corrected chi connectivity index (χ2v) is 4.09. The van der Waals surface area contributed by atoms with Crippen LogP contribution in [-0.2, 0) is 23.0 Å². The zero-order valence-electron chi connectivity index (χ0n) is 10.8. The molecule has 7 heteroatoms. The van der Waals surface area contributed by atoms with Crippen LogP contribution in [0.1, 0.15) is 30.0 Å². The van der Waals surface area contributed by atoms with Crippen molar-refractivity contribution in [3.63, 3.8) is 0 Å². The van der Waals surface area contributed by atoms with Crippen molar-refractivity contribution < 1.29 is 14.3 Å². The Hall–Kier alpha value is -2.05. The normalized spacial score (nSPS) is 12.2. The van der Waals surface area contributed by atoms with Gasteiger partial charge in [0.25, 0.3) is 0 Å². The lowest BCUT2D eigenvalue weighted by Gasteiger charge is -2.09. The van der Waals surface area contributed by atoms with E-state index in [0.29, 0.717) is 17.8 Å². The number of ether oxygens (including phenoxy) is 1. The highest BCUT2D eigenvalue weighted by molar-refractivity contribution is 5.94. The number of esters is 1. The lowest BCUT2D eigenvalue weighted by Crippen LogP contribution is -2.26. The van der Waals surface area contributed by atoms with Crippen molar-refractivity contribution in [1.82, 2.24) is 9.78 Å². The maximum atomic E-state index is 11.8. The zero-order valence-corrected chi connectivity index (χ0v) is 10.8. The Kier molecular flexibility index (Phi) is 4.30. The summed E-state index contributed by atoms with van der Waals surface area (Å²) in [6.45, 7) is 3.41. The number of nitrogens with two attached hydrogens (primary N) is 2. The van der Waals surface area contributed by atoms with Crippen LogP contribution in [0.3, 0.4) is 0 Å². The van der Waals surface area contributed by atoms with Crippen LogP contribution in [0.25, 0.3) is 0 Å². The van der Waals surface area contributed by atoms with Crippen LogP contribution in [0, 0.1) is 5.92 Å². The fraction of sp³-hybridized carbons (Fsp3) is 0.545. The molecule has 0 saturated carbocycles. The van der Waals surface area contributed by atoms with Crippen molar-refractivity contribution in [3.8, 4) is 0 Å². The number of nitrogen functional groups attached to an aromatic ring is 1. The summed E-state index contributed by atoms with van der Waals surface area (Å²) in [4.78, 5) is 22.6. The molecular weight excluding hydrogens is 236 g/mol. The number of aromatic nitrogens is 2. The molecule has 0 aromatic carbocycles. The molecule has 1 rings (SSSR count). The zero-order chi connectivity index (χ0) is 13.9. The molecule has 100 valence electrons. The van der Waals surface area contributed by atoms with E-state index in [2.05, 4.69) is 5.10 Å². The number of hydrogen-bond acceptors (Lipinski definition) is 5. The van der Waals surface area contributed by atoms with Gasteiger partial charge in [-0.25, -0.2) is 4.79 Å². The van der Waals surface area contributed by atoms with Crippen LogP contribution >= 0.6 is 0 Å². The number of nitrogens with zero attached hydrogens (tertiary/aromatic N) is 2. The van der Waals surface area contributed by atoms with E-state index in [9.17, 15) is 9.59 Å². The van der Waals surface area contributed by atoms with E-state index in [1.165, 1.54) is 4.68 Å². The Morgan fingerprint density at radius 2 is 2.11 bits per heavy atom. The Labute approximate surface area is 105 Å². The number of amides is 1. The minimum absolute atomic E-state index is 0.0692. The molecule has 0 saturated heterocycles. The van der Waals surface area contributed by atoms with Crippen molar-refractivity contribution in [3.05, 3.63) is 11.4 Å². The van der Waals surface area contributed by atoms with Gasteiger partial charge in [-0.15, -0.1) is 0 Å². The number of hydrogen-bond donors (Lipinski definition) is 2. The molecule has 0 aliphatic heterocycles. The van der Waals surface area contributed by atoms with Gasteiger partial charge in [0.1, 0.15) is 6.61 Å². The molecule has 1 heterocycles. The van der Waals surface area contributed by atoms with E-state index in [0.717, 1.165) is 0 Å². The maximum Gasteiger partial charge on any atom is 0.358 e. The highest BCUT2D eigenvalue weighted by atomic mass is 16.5. The third kappa shape index (κ3) is 2.79. The summed E-state index contributed by atoms with van der Waals surface area (Å²) in [6, 6.07) is 0. The number of aryl methyl sites for hydroxylation is 2. The number of primary amides is 1. The molecule has 1 atom stereocenters. The summed E-state index contributed by atoms with van der Waals surface area (Å²) < 4.78 is 6.37. The Balaban J connectivity index is 2.79. The molecule has 1 aromatic heterocycles. The SMILES string of the molecule is CCc1nn(C)c(C(=O)OCC(C)C(N)=O)c1N. The molecular formula is C11H18N4O3. The molecule has 0 fully saturated rings. The van der Waals surface area contributed by atoms with Gasteiger partial charge in [0, 0.05) is 7.05 Å². The van der Waals surface area contributed by atoms with Gasteiger partial charge in [0.05, 0.1) is 17.3 Å². The Bertz CT molecular complexity index is 467. The Morgan fingerprint density at radius 3 is 2.56 bits per heavy atom. The standard InChI is InChI=1S/C11H18N4O3/c1-4-7-8(12)9(15(3)14-7)11(17)18-5-6(2)10(13)16/h6H,4-5,12H2,1-3H3,(H2,13,16). The third-order valence-corrected chi connectivity index (χ3v) is 2.64. The highest BCUT2D eigenvalue weighted by Gasteiger charge is 2.21. The van der Waals surface area contributed by atoms with Crippen LogP contribution in [-0.4, -0.2) is 28.3 Å². The van der Waals surface area contributed by atoms with Gasteiger partial charge < -0.3 is 16.2 Å². The lowest BCUT2D eigenvalue weighted by molar-refractivity contribution is -0.122. The van der Waals surface area contributed by atoms with E-state index in [1.54, 1.807) is 14.0 Å². The van der Waals surface area contributed by atoms with Gasteiger partial charge in [0.15, 0.2) is 5.69 Å². The average Bonchev–Trinajstić information content (AvgIpc) is 2.60. The van der Waals surface area contributed by atoms with Crippen molar-refractivity contribution in [2.75, 3.05) is 12.3 Å². The summed E-state index contributed by atoms with van der Waals surface area (Å²) in [6.07, 6.45) is 0.630. The molecule has 4 N–H and O–H groups in total. The van der Waals surface area contributed by atoms with Gasteiger partial charge in [0.2, 0.25) is 5.91 Å². The first-order valence-corrected chi connectivity index (χ1v) is 5.66. The summed E-state index contributed by atoms with van der Waals surface area (Å²) in [5.41, 5.74) is 12.0. The van der Waals surface area contributed by atoms with Crippen LogP contribution in [0.15, 0.2) is 0 Å². The quantitative estimate of drug-likeness (QED) is 0.709. The van der Waals surface area contributed by atoms with Crippen LogP contribution in [0.2, 0.25) is 0 Å². The summed E-state index contributed by atoms with van der Waals surface area (Å²) >= 11 is 0. The molecule has 1 aromatic rings. The fourth-order valence-electron chi connectivity index (χ4n) is 1.45. The van der Waals surface area contributed by atoms with Gasteiger partial charge >= 0.3 is 5.97 Å². The van der Waals surface area contributed by atoms with Crippen LogP contribution in [0.4, 0.5) is 5.69 Å². The van der Waals surface area contributed by atoms with Crippen molar-refractivity contribution in [2.24, 2.45) is 18.7 Å². The number of anilines is 1. The van der Waals surface area contributed by atoms with Crippen LogP contribution < -0.4 is 11.5 Å². The molecule has 0 bridgehead atoms. The van der Waals surface area contributed by atoms with Gasteiger partial charge in [-0.1, -0.05) is 13.8 Å². The second kappa shape index (κ2) is 5.52. The van der Waals surface area contributed by atoms with Crippen molar-refractivity contribution >= 4 is 17.6 Å². The van der Waals surface area contributed by atoms with Gasteiger partial charge in [-0.05, 0) is 6.42 Å². The second-order valence-electron chi connectivity index (χ2n) is 4.09. The minimum atomic E-state index is -0.602. The summed E-state index contributed by atoms with van der Waals surface area (Å²) in [7, 11) is 1.61. The predicted octanol–water partition coefficient (Wildman–Crippen LogP) is -0.157. The van der Waals surface area contributed by atoms with E-state index >= 15 is 0 Å². The smallest absolute Gasteiger partial charge is 0.358 e. The monoisotopic (exact) mass is 254 g/mol. The molecule has 0 spiro atoms. The third-order valence-electron chi connectivity index (χ3n) is 2.64. The molecule has 7 nitrogen and oxygen atoms in total. The summed E-state index contributed by atoms with van der Waals surface area (Å²) in [5.74, 6) is -1.65. The van der Waals surface area contributed by atoms with E-state index in [-0.39, 0.29) is 12.3 Å².